The van der Waals surface area contributed by atoms with Gasteiger partial charge in [-0.1, -0.05) is 12.1 Å². The molecule has 0 spiro atoms. The number of rotatable bonds is 7. The zero-order valence-electron chi connectivity index (χ0n) is 16.4. The van der Waals surface area contributed by atoms with Crippen molar-refractivity contribution in [2.75, 3.05) is 18.0 Å². The molecule has 1 aliphatic heterocycles. The van der Waals surface area contributed by atoms with Gasteiger partial charge in [0.05, 0.1) is 10.7 Å². The quantitative estimate of drug-likeness (QED) is 0.641. The molecule has 3 heterocycles. The van der Waals surface area contributed by atoms with Crippen LogP contribution in [-0.2, 0) is 13.2 Å². The van der Waals surface area contributed by atoms with Crippen LogP contribution >= 0.6 is 11.3 Å². The third kappa shape index (κ3) is 5.12. The minimum absolute atomic E-state index is 0.136. The Morgan fingerprint density at radius 2 is 2.10 bits per heavy atom. The molecule has 1 amide bonds. The molecule has 29 heavy (non-hydrogen) atoms. The Morgan fingerprint density at radius 3 is 2.83 bits per heavy atom. The fourth-order valence-electron chi connectivity index (χ4n) is 3.30. The highest BCUT2D eigenvalue weighted by Crippen LogP contribution is 2.18. The number of anilines is 1. The minimum Gasteiger partial charge on any atom is -0.487 e. The smallest absolute Gasteiger partial charge is 0.251 e. The Labute approximate surface area is 174 Å². The molecule has 2 aromatic heterocycles. The van der Waals surface area contributed by atoms with E-state index in [1.807, 2.05) is 42.8 Å². The van der Waals surface area contributed by atoms with Crippen LogP contribution in [0.25, 0.3) is 0 Å². The summed E-state index contributed by atoms with van der Waals surface area (Å²) in [5, 5.41) is 5.94. The van der Waals surface area contributed by atoms with Crippen molar-refractivity contribution in [2.45, 2.75) is 32.9 Å². The number of amides is 1. The molecule has 6 nitrogen and oxygen atoms in total. The first-order valence-electron chi connectivity index (χ1n) is 9.79. The van der Waals surface area contributed by atoms with E-state index in [2.05, 4.69) is 20.2 Å². The first-order chi connectivity index (χ1) is 14.2. The van der Waals surface area contributed by atoms with Crippen LogP contribution < -0.4 is 15.0 Å². The lowest BCUT2D eigenvalue weighted by Crippen LogP contribution is -2.23. The summed E-state index contributed by atoms with van der Waals surface area (Å²) in [6, 6.07) is 11.3. The molecule has 0 radical (unpaired) electrons. The summed E-state index contributed by atoms with van der Waals surface area (Å²) in [6.07, 6.45) is 4.29. The van der Waals surface area contributed by atoms with Crippen LogP contribution in [0.15, 0.2) is 48.0 Å². The predicted molar refractivity (Wildman–Crippen MR) is 114 cm³/mol. The average Bonchev–Trinajstić information content (AvgIpc) is 3.43. The first kappa shape index (κ1) is 19.4. The summed E-state index contributed by atoms with van der Waals surface area (Å²) in [7, 11) is 0. The molecular formula is C22H24N4O2S. The summed E-state index contributed by atoms with van der Waals surface area (Å²) in [4.78, 5) is 23.7. The summed E-state index contributed by atoms with van der Waals surface area (Å²) >= 11 is 1.60. The third-order valence-corrected chi connectivity index (χ3v) is 5.66. The second-order valence-corrected chi connectivity index (χ2v) is 8.14. The van der Waals surface area contributed by atoms with Crippen molar-refractivity contribution < 1.29 is 9.53 Å². The highest BCUT2D eigenvalue weighted by atomic mass is 32.1. The van der Waals surface area contributed by atoms with Gasteiger partial charge in [0.2, 0.25) is 0 Å². The largest absolute Gasteiger partial charge is 0.487 e. The third-order valence-electron chi connectivity index (χ3n) is 4.84. The maximum absolute atomic E-state index is 12.5. The number of hydrogen-bond acceptors (Lipinski definition) is 6. The molecule has 7 heteroatoms. The topological polar surface area (TPSA) is 67.3 Å². The number of ether oxygens (including phenoxy) is 1. The molecule has 1 fully saturated rings. The number of thiazole rings is 1. The molecule has 1 aromatic carbocycles. The molecule has 4 rings (SSSR count). The molecule has 3 aromatic rings. The standard InChI is InChI=1S/C22H24N4O2S/c1-16-25-19(15-29-16)14-28-20-6-4-5-18(11-20)22(27)24-13-17-7-8-21(23-12-17)26-9-2-3-10-26/h4-8,11-12,15H,2-3,9-10,13-14H2,1H3,(H,24,27). The minimum atomic E-state index is -0.136. The Balaban J connectivity index is 1.31. The predicted octanol–water partition coefficient (Wildman–Crippen LogP) is 3.96. The van der Waals surface area contributed by atoms with E-state index in [0.717, 1.165) is 35.2 Å². The van der Waals surface area contributed by atoms with Crippen molar-refractivity contribution in [3.63, 3.8) is 0 Å². The second kappa shape index (κ2) is 9.05. The number of nitrogens with zero attached hydrogens (tertiary/aromatic N) is 3. The van der Waals surface area contributed by atoms with Crippen LogP contribution in [0.5, 0.6) is 5.75 Å². The Kier molecular flexibility index (Phi) is 6.05. The number of nitrogens with one attached hydrogen (secondary N) is 1. The molecule has 0 aliphatic carbocycles. The van der Waals surface area contributed by atoms with Gasteiger partial charge < -0.3 is 15.0 Å². The highest BCUT2D eigenvalue weighted by molar-refractivity contribution is 7.09. The van der Waals surface area contributed by atoms with Gasteiger partial charge >= 0.3 is 0 Å². The van der Waals surface area contributed by atoms with Gasteiger partial charge in [-0.2, -0.15) is 0 Å². The van der Waals surface area contributed by atoms with Gasteiger partial charge in [-0.15, -0.1) is 11.3 Å². The van der Waals surface area contributed by atoms with Crippen molar-refractivity contribution in [1.29, 1.82) is 0 Å². The van der Waals surface area contributed by atoms with E-state index in [0.29, 0.717) is 24.5 Å². The van der Waals surface area contributed by atoms with E-state index in [4.69, 9.17) is 4.74 Å². The van der Waals surface area contributed by atoms with Crippen molar-refractivity contribution in [1.82, 2.24) is 15.3 Å². The van der Waals surface area contributed by atoms with E-state index in [-0.39, 0.29) is 5.91 Å². The molecule has 1 N–H and O–H groups in total. The summed E-state index contributed by atoms with van der Waals surface area (Å²) in [6.45, 7) is 4.95. The fourth-order valence-corrected chi connectivity index (χ4v) is 3.90. The Bertz CT molecular complexity index is 965. The van der Waals surface area contributed by atoms with E-state index in [9.17, 15) is 4.79 Å². The first-order valence-corrected chi connectivity index (χ1v) is 10.7. The number of aryl methyl sites for hydroxylation is 1. The van der Waals surface area contributed by atoms with Crippen LogP contribution in [0.1, 0.15) is 39.5 Å². The number of aromatic nitrogens is 2. The van der Waals surface area contributed by atoms with Gasteiger partial charge in [-0.05, 0) is 49.6 Å². The monoisotopic (exact) mass is 408 g/mol. The lowest BCUT2D eigenvalue weighted by molar-refractivity contribution is 0.0950. The average molecular weight is 409 g/mol. The summed E-state index contributed by atoms with van der Waals surface area (Å²) in [5.74, 6) is 1.53. The second-order valence-electron chi connectivity index (χ2n) is 7.08. The van der Waals surface area contributed by atoms with Gasteiger partial charge in [0, 0.05) is 36.8 Å². The molecule has 0 bridgehead atoms. The van der Waals surface area contributed by atoms with E-state index >= 15 is 0 Å². The number of pyridine rings is 1. The maximum atomic E-state index is 12.5. The van der Waals surface area contributed by atoms with E-state index < -0.39 is 0 Å². The number of hydrogen-bond donors (Lipinski definition) is 1. The van der Waals surface area contributed by atoms with Gasteiger partial charge in [0.1, 0.15) is 18.2 Å². The molecule has 0 unspecified atom stereocenters. The van der Waals surface area contributed by atoms with Crippen molar-refractivity contribution >= 4 is 23.1 Å². The van der Waals surface area contributed by atoms with Crippen LogP contribution in [0.3, 0.4) is 0 Å². The molecule has 0 saturated carbocycles. The van der Waals surface area contributed by atoms with Crippen molar-refractivity contribution in [3.8, 4) is 5.75 Å². The van der Waals surface area contributed by atoms with E-state index in [1.165, 1.54) is 12.8 Å². The van der Waals surface area contributed by atoms with Crippen LogP contribution in [0.2, 0.25) is 0 Å². The van der Waals surface area contributed by atoms with Crippen LogP contribution in [-0.4, -0.2) is 29.0 Å². The Hall–Kier alpha value is -2.93. The van der Waals surface area contributed by atoms with Gasteiger partial charge in [-0.3, -0.25) is 4.79 Å². The molecule has 1 saturated heterocycles. The zero-order chi connectivity index (χ0) is 20.1. The number of benzene rings is 1. The normalized spacial score (nSPS) is 13.5. The fraction of sp³-hybridized carbons (Fsp3) is 0.318. The summed E-state index contributed by atoms with van der Waals surface area (Å²) < 4.78 is 5.77. The SMILES string of the molecule is Cc1nc(COc2cccc(C(=O)NCc3ccc(N4CCCC4)nc3)c2)cs1. The lowest BCUT2D eigenvalue weighted by atomic mass is 10.2. The number of carbonyl (C=O) groups excluding carboxylic acids is 1. The van der Waals surface area contributed by atoms with Gasteiger partial charge in [0.15, 0.2) is 0 Å². The molecular weight excluding hydrogens is 384 g/mol. The zero-order valence-corrected chi connectivity index (χ0v) is 17.2. The molecule has 1 aliphatic rings. The van der Waals surface area contributed by atoms with Crippen molar-refractivity contribution in [3.05, 3.63) is 69.8 Å². The van der Waals surface area contributed by atoms with Gasteiger partial charge in [-0.25, -0.2) is 9.97 Å². The summed E-state index contributed by atoms with van der Waals surface area (Å²) in [5.41, 5.74) is 2.44. The van der Waals surface area contributed by atoms with E-state index in [1.54, 1.807) is 23.5 Å². The van der Waals surface area contributed by atoms with Crippen LogP contribution in [0.4, 0.5) is 5.82 Å². The number of carbonyl (C=O) groups is 1. The van der Waals surface area contributed by atoms with Crippen molar-refractivity contribution in [2.24, 2.45) is 0 Å². The highest BCUT2D eigenvalue weighted by Gasteiger charge is 2.13. The van der Waals surface area contributed by atoms with Gasteiger partial charge in [0.25, 0.3) is 5.91 Å². The molecule has 0 atom stereocenters. The maximum Gasteiger partial charge on any atom is 0.251 e. The Morgan fingerprint density at radius 1 is 1.24 bits per heavy atom. The lowest BCUT2D eigenvalue weighted by Gasteiger charge is -2.16. The molecule has 150 valence electrons. The van der Waals surface area contributed by atoms with Crippen LogP contribution in [0, 0.1) is 6.92 Å².